The Bertz CT molecular complexity index is 677. The van der Waals surface area contributed by atoms with Gasteiger partial charge in [-0.2, -0.15) is 0 Å². The van der Waals surface area contributed by atoms with Crippen molar-refractivity contribution >= 4 is 32.7 Å². The molecule has 1 aromatic heterocycles. The van der Waals surface area contributed by atoms with Gasteiger partial charge in [0, 0.05) is 29.0 Å². The lowest BCUT2D eigenvalue weighted by Gasteiger charge is -2.13. The summed E-state index contributed by atoms with van der Waals surface area (Å²) in [5.41, 5.74) is 0. The molecule has 0 amide bonds. The lowest BCUT2D eigenvalue weighted by Crippen LogP contribution is -2.31. The van der Waals surface area contributed by atoms with Gasteiger partial charge in [-0.1, -0.05) is 22.0 Å². The molecule has 6 heteroatoms. The first-order valence-electron chi connectivity index (χ1n) is 6.69. The van der Waals surface area contributed by atoms with E-state index in [-0.39, 0.29) is 18.1 Å². The molecule has 1 unspecified atom stereocenters. The molecule has 1 aliphatic rings. The van der Waals surface area contributed by atoms with Gasteiger partial charge in [-0.15, -0.1) is 0 Å². The number of fused-ring (bicyclic) bond motifs is 1. The van der Waals surface area contributed by atoms with Gasteiger partial charge in [0.05, 0.1) is 7.11 Å². The number of rotatable bonds is 3. The van der Waals surface area contributed by atoms with Crippen LogP contribution in [0.3, 0.4) is 0 Å². The number of hydrogen-bond acceptors (Lipinski definition) is 5. The molecular formula is C15H15BrN2O3. The zero-order chi connectivity index (χ0) is 14.8. The minimum absolute atomic E-state index is 0.0915. The van der Waals surface area contributed by atoms with Crippen LogP contribution < -0.4 is 10.1 Å². The molecule has 1 saturated heterocycles. The fourth-order valence-electron chi connectivity index (χ4n) is 2.48. The fraction of sp³-hybridized carbons (Fsp3) is 0.333. The Balaban J connectivity index is 1.80. The number of carbonyl (C=O) groups excluding carboxylic acids is 1. The molecule has 3 rings (SSSR count). The molecule has 5 nitrogen and oxygen atoms in total. The second-order valence-electron chi connectivity index (χ2n) is 4.94. The zero-order valence-corrected chi connectivity index (χ0v) is 13.1. The number of halogens is 1. The number of ether oxygens (including phenoxy) is 2. The van der Waals surface area contributed by atoms with Crippen molar-refractivity contribution in [3.63, 3.8) is 0 Å². The van der Waals surface area contributed by atoms with Crippen molar-refractivity contribution in [2.24, 2.45) is 0 Å². The quantitative estimate of drug-likeness (QED) is 0.860. The summed E-state index contributed by atoms with van der Waals surface area (Å²) < 4.78 is 11.7. The van der Waals surface area contributed by atoms with E-state index in [0.717, 1.165) is 15.2 Å². The number of aromatic nitrogens is 1. The molecule has 2 heterocycles. The van der Waals surface area contributed by atoms with Gasteiger partial charge in [0.1, 0.15) is 12.1 Å². The summed E-state index contributed by atoms with van der Waals surface area (Å²) in [6.07, 6.45) is 2.22. The number of carbonyl (C=O) groups is 1. The predicted octanol–water partition coefficient (Wildman–Crippen LogP) is 2.28. The van der Waals surface area contributed by atoms with E-state index in [4.69, 9.17) is 9.47 Å². The summed E-state index contributed by atoms with van der Waals surface area (Å²) >= 11 is 3.46. The van der Waals surface area contributed by atoms with Crippen LogP contribution in [0, 0.1) is 0 Å². The molecule has 0 bridgehead atoms. The van der Waals surface area contributed by atoms with Gasteiger partial charge in [-0.25, -0.2) is 4.98 Å². The molecule has 21 heavy (non-hydrogen) atoms. The van der Waals surface area contributed by atoms with Crippen LogP contribution in [-0.4, -0.2) is 36.8 Å². The van der Waals surface area contributed by atoms with Crippen LogP contribution >= 0.6 is 15.9 Å². The van der Waals surface area contributed by atoms with Crippen LogP contribution in [0.15, 0.2) is 34.9 Å². The monoisotopic (exact) mass is 350 g/mol. The van der Waals surface area contributed by atoms with E-state index >= 15 is 0 Å². The summed E-state index contributed by atoms with van der Waals surface area (Å²) in [4.78, 5) is 15.8. The van der Waals surface area contributed by atoms with Crippen molar-refractivity contribution in [1.82, 2.24) is 10.3 Å². The molecule has 1 fully saturated rings. The Kier molecular flexibility index (Phi) is 4.07. The number of esters is 1. The third-order valence-electron chi connectivity index (χ3n) is 3.55. The molecule has 2 atom stereocenters. The maximum absolute atomic E-state index is 11.5. The zero-order valence-electron chi connectivity index (χ0n) is 11.5. The lowest BCUT2D eigenvalue weighted by atomic mass is 10.1. The van der Waals surface area contributed by atoms with Crippen molar-refractivity contribution in [3.05, 3.63) is 34.9 Å². The molecule has 0 aliphatic carbocycles. The standard InChI is InChI=1S/C15H15BrN2O3/c1-20-15(19)13-7-11(8-18-13)21-14-12-6-10(16)3-2-9(12)4-5-17-14/h2-6,11,13,18H,7-8H2,1H3/t11?,13-/m0/s1. The predicted molar refractivity (Wildman–Crippen MR) is 82.3 cm³/mol. The topological polar surface area (TPSA) is 60.5 Å². The largest absolute Gasteiger partial charge is 0.472 e. The highest BCUT2D eigenvalue weighted by molar-refractivity contribution is 9.10. The third-order valence-corrected chi connectivity index (χ3v) is 4.04. The van der Waals surface area contributed by atoms with Crippen LogP contribution in [0.4, 0.5) is 0 Å². The van der Waals surface area contributed by atoms with Crippen LogP contribution in [0.1, 0.15) is 6.42 Å². The number of nitrogens with one attached hydrogen (secondary N) is 1. The summed E-state index contributed by atoms with van der Waals surface area (Å²) in [5.74, 6) is 0.334. The smallest absolute Gasteiger partial charge is 0.323 e. The number of nitrogens with zero attached hydrogens (tertiary/aromatic N) is 1. The summed E-state index contributed by atoms with van der Waals surface area (Å²) in [6.45, 7) is 0.603. The molecule has 0 radical (unpaired) electrons. The highest BCUT2D eigenvalue weighted by Crippen LogP contribution is 2.28. The van der Waals surface area contributed by atoms with E-state index < -0.39 is 0 Å². The Labute approximate surface area is 130 Å². The first-order valence-corrected chi connectivity index (χ1v) is 7.49. The Hall–Kier alpha value is -1.66. The van der Waals surface area contributed by atoms with Crippen LogP contribution in [-0.2, 0) is 9.53 Å². The van der Waals surface area contributed by atoms with Crippen molar-refractivity contribution < 1.29 is 14.3 Å². The van der Waals surface area contributed by atoms with Gasteiger partial charge in [0.15, 0.2) is 0 Å². The Morgan fingerprint density at radius 3 is 3.10 bits per heavy atom. The highest BCUT2D eigenvalue weighted by Gasteiger charge is 2.31. The van der Waals surface area contributed by atoms with Crippen molar-refractivity contribution in [2.75, 3.05) is 13.7 Å². The molecule has 1 N–H and O–H groups in total. The van der Waals surface area contributed by atoms with E-state index in [1.807, 2.05) is 24.3 Å². The maximum Gasteiger partial charge on any atom is 0.323 e. The molecule has 1 aliphatic heterocycles. The average molecular weight is 351 g/mol. The Morgan fingerprint density at radius 2 is 2.29 bits per heavy atom. The van der Waals surface area contributed by atoms with Crippen LogP contribution in [0.25, 0.3) is 10.8 Å². The molecule has 2 aromatic rings. The minimum atomic E-state index is -0.304. The number of pyridine rings is 1. The SMILES string of the molecule is COC(=O)[C@@H]1CC(Oc2nccc3ccc(Br)cc23)CN1. The van der Waals surface area contributed by atoms with E-state index in [1.54, 1.807) is 6.20 Å². The lowest BCUT2D eigenvalue weighted by molar-refractivity contribution is -0.142. The van der Waals surface area contributed by atoms with Gasteiger partial charge in [-0.05, 0) is 23.6 Å². The van der Waals surface area contributed by atoms with Gasteiger partial charge in [0.2, 0.25) is 5.88 Å². The van der Waals surface area contributed by atoms with Crippen molar-refractivity contribution in [1.29, 1.82) is 0 Å². The molecular weight excluding hydrogens is 336 g/mol. The van der Waals surface area contributed by atoms with Gasteiger partial charge in [0.25, 0.3) is 0 Å². The number of methoxy groups -OCH3 is 1. The van der Waals surface area contributed by atoms with Crippen molar-refractivity contribution in [3.8, 4) is 5.88 Å². The van der Waals surface area contributed by atoms with Crippen LogP contribution in [0.5, 0.6) is 5.88 Å². The molecule has 110 valence electrons. The number of hydrogen-bond donors (Lipinski definition) is 1. The van der Waals surface area contributed by atoms with Gasteiger partial charge >= 0.3 is 5.97 Å². The summed E-state index contributed by atoms with van der Waals surface area (Å²) in [7, 11) is 1.39. The first-order chi connectivity index (χ1) is 10.2. The van der Waals surface area contributed by atoms with E-state index in [2.05, 4.69) is 26.2 Å². The molecule has 0 saturated carbocycles. The molecule has 0 spiro atoms. The second kappa shape index (κ2) is 5.99. The summed E-state index contributed by atoms with van der Waals surface area (Å²) in [5, 5.41) is 5.12. The minimum Gasteiger partial charge on any atom is -0.472 e. The Morgan fingerprint density at radius 1 is 1.43 bits per heavy atom. The third kappa shape index (κ3) is 3.01. The molecule has 1 aromatic carbocycles. The van der Waals surface area contributed by atoms with Crippen LogP contribution in [0.2, 0.25) is 0 Å². The number of benzene rings is 1. The normalized spacial score (nSPS) is 21.4. The fourth-order valence-corrected chi connectivity index (χ4v) is 2.84. The second-order valence-corrected chi connectivity index (χ2v) is 5.86. The van der Waals surface area contributed by atoms with E-state index in [1.165, 1.54) is 7.11 Å². The van der Waals surface area contributed by atoms with E-state index in [9.17, 15) is 4.79 Å². The first kappa shape index (κ1) is 14.3. The maximum atomic E-state index is 11.5. The highest BCUT2D eigenvalue weighted by atomic mass is 79.9. The average Bonchev–Trinajstić information content (AvgIpc) is 2.95. The van der Waals surface area contributed by atoms with E-state index in [0.29, 0.717) is 18.8 Å². The van der Waals surface area contributed by atoms with Gasteiger partial charge in [-0.3, -0.25) is 4.79 Å². The van der Waals surface area contributed by atoms with Crippen molar-refractivity contribution in [2.45, 2.75) is 18.6 Å². The summed E-state index contributed by atoms with van der Waals surface area (Å²) in [6, 6.07) is 7.62. The van der Waals surface area contributed by atoms with Gasteiger partial charge < -0.3 is 14.8 Å².